The summed E-state index contributed by atoms with van der Waals surface area (Å²) in [6, 6.07) is 20.4. The van der Waals surface area contributed by atoms with E-state index in [9.17, 15) is 13.2 Å². The van der Waals surface area contributed by atoms with Gasteiger partial charge in [-0.1, -0.05) is 60.7 Å². The van der Waals surface area contributed by atoms with E-state index in [0.717, 1.165) is 0 Å². The number of hydrogen-bond acceptors (Lipinski definition) is 5. The highest BCUT2D eigenvalue weighted by molar-refractivity contribution is 7.93. The second-order valence-electron chi connectivity index (χ2n) is 5.72. The van der Waals surface area contributed by atoms with Gasteiger partial charge in [0.25, 0.3) is 5.91 Å². The summed E-state index contributed by atoms with van der Waals surface area (Å²) in [6.45, 7) is 0. The van der Waals surface area contributed by atoms with E-state index in [4.69, 9.17) is 5.21 Å². The minimum Gasteiger partial charge on any atom is -0.288 e. The van der Waals surface area contributed by atoms with Crippen LogP contribution in [0.1, 0.15) is 26.9 Å². The first-order valence-electron chi connectivity index (χ1n) is 8.03. The molecule has 0 fully saturated rings. The number of hydroxylamine groups is 1. The maximum Gasteiger partial charge on any atom is 0.293 e. The Morgan fingerprint density at radius 2 is 1.48 bits per heavy atom. The molecule has 0 saturated heterocycles. The molecule has 138 valence electrons. The van der Waals surface area contributed by atoms with Crippen LogP contribution in [0, 0.1) is 0 Å². The first-order valence-corrected chi connectivity index (χ1v) is 9.58. The molecule has 0 aliphatic heterocycles. The topological polar surface area (TPSA) is 108 Å². The fraction of sp³-hybridized carbons (Fsp3) is 0.0526. The van der Waals surface area contributed by atoms with Gasteiger partial charge < -0.3 is 0 Å². The number of rotatable bonds is 6. The molecule has 0 atom stereocenters. The van der Waals surface area contributed by atoms with Crippen molar-refractivity contribution in [3.63, 3.8) is 0 Å². The van der Waals surface area contributed by atoms with Crippen molar-refractivity contribution >= 4 is 21.6 Å². The van der Waals surface area contributed by atoms with E-state index in [-0.39, 0.29) is 11.4 Å². The first-order chi connectivity index (χ1) is 13.0. The molecular formula is C19H17N3O4S. The Hall–Kier alpha value is -3.23. The van der Waals surface area contributed by atoms with Crippen LogP contribution in [0.4, 0.5) is 5.69 Å². The molecule has 1 amide bonds. The van der Waals surface area contributed by atoms with Crippen LogP contribution in [-0.4, -0.2) is 24.5 Å². The number of aromatic nitrogens is 1. The Morgan fingerprint density at radius 1 is 0.926 bits per heavy atom. The molecule has 0 radical (unpaired) electrons. The van der Waals surface area contributed by atoms with Crippen molar-refractivity contribution in [2.45, 2.75) is 5.25 Å². The van der Waals surface area contributed by atoms with Gasteiger partial charge in [-0.25, -0.2) is 13.9 Å². The monoisotopic (exact) mass is 383 g/mol. The zero-order chi connectivity index (χ0) is 19.3. The fourth-order valence-electron chi connectivity index (χ4n) is 2.71. The summed E-state index contributed by atoms with van der Waals surface area (Å²) in [7, 11) is -3.90. The molecule has 7 nitrogen and oxygen atoms in total. The third kappa shape index (κ3) is 4.30. The number of pyridine rings is 1. The van der Waals surface area contributed by atoms with E-state index < -0.39 is 21.2 Å². The number of sulfonamides is 1. The number of hydrogen-bond donors (Lipinski definition) is 3. The van der Waals surface area contributed by atoms with Gasteiger partial charge in [0, 0.05) is 6.20 Å². The molecule has 0 saturated carbocycles. The largest absolute Gasteiger partial charge is 0.293 e. The molecule has 0 spiro atoms. The highest BCUT2D eigenvalue weighted by Gasteiger charge is 2.29. The van der Waals surface area contributed by atoms with Crippen molar-refractivity contribution in [1.82, 2.24) is 10.5 Å². The Bertz CT molecular complexity index is 986. The van der Waals surface area contributed by atoms with E-state index in [1.807, 2.05) is 12.1 Å². The van der Waals surface area contributed by atoms with E-state index in [2.05, 4.69) is 9.71 Å². The van der Waals surface area contributed by atoms with Crippen LogP contribution < -0.4 is 10.2 Å². The van der Waals surface area contributed by atoms with Gasteiger partial charge in [-0.3, -0.25) is 19.7 Å². The number of nitrogens with one attached hydrogen (secondary N) is 2. The standard InChI is InChI=1S/C19H17N3O4S/c23-19(21-24)17-13-16(11-12-20-17)22-27(25,26)18(14-7-3-1-4-8-14)15-9-5-2-6-10-15/h1-13,18,24H,(H,20,22)(H,21,23). The van der Waals surface area contributed by atoms with Crippen molar-refractivity contribution in [3.8, 4) is 0 Å². The van der Waals surface area contributed by atoms with Crippen molar-refractivity contribution in [1.29, 1.82) is 0 Å². The predicted molar refractivity (Wildman–Crippen MR) is 101 cm³/mol. The van der Waals surface area contributed by atoms with Crippen LogP contribution in [0.2, 0.25) is 0 Å². The first kappa shape index (κ1) is 18.6. The summed E-state index contributed by atoms with van der Waals surface area (Å²) in [5.41, 5.74) is 2.74. The SMILES string of the molecule is O=C(NO)c1cc(NS(=O)(=O)C(c2ccccc2)c2ccccc2)ccn1. The molecule has 0 aliphatic carbocycles. The quantitative estimate of drug-likeness (QED) is 0.448. The maximum atomic E-state index is 13.2. The van der Waals surface area contributed by atoms with Crippen molar-refractivity contribution in [2.75, 3.05) is 4.72 Å². The normalized spacial score (nSPS) is 11.2. The minimum absolute atomic E-state index is 0.117. The van der Waals surface area contributed by atoms with Gasteiger partial charge in [-0.2, -0.15) is 0 Å². The van der Waals surface area contributed by atoms with E-state index in [1.54, 1.807) is 48.5 Å². The highest BCUT2D eigenvalue weighted by Crippen LogP contribution is 2.31. The van der Waals surface area contributed by atoms with Crippen LogP contribution >= 0.6 is 0 Å². The van der Waals surface area contributed by atoms with E-state index >= 15 is 0 Å². The molecule has 0 unspecified atom stereocenters. The number of nitrogens with zero attached hydrogens (tertiary/aromatic N) is 1. The predicted octanol–water partition coefficient (Wildman–Crippen LogP) is 2.73. The molecule has 3 N–H and O–H groups in total. The lowest BCUT2D eigenvalue weighted by atomic mass is 10.0. The second kappa shape index (κ2) is 7.98. The molecular weight excluding hydrogens is 366 g/mol. The zero-order valence-corrected chi connectivity index (χ0v) is 14.9. The van der Waals surface area contributed by atoms with Crippen molar-refractivity contribution < 1.29 is 18.4 Å². The summed E-state index contributed by atoms with van der Waals surface area (Å²) < 4.78 is 28.8. The molecule has 8 heteroatoms. The molecule has 27 heavy (non-hydrogen) atoms. The lowest BCUT2D eigenvalue weighted by molar-refractivity contribution is 0.0701. The van der Waals surface area contributed by atoms with Crippen molar-refractivity contribution in [3.05, 3.63) is 95.8 Å². The van der Waals surface area contributed by atoms with Crippen LogP contribution in [0.25, 0.3) is 0 Å². The summed E-state index contributed by atoms with van der Waals surface area (Å²) in [5.74, 6) is -0.835. The van der Waals surface area contributed by atoms with Gasteiger partial charge >= 0.3 is 0 Å². The number of anilines is 1. The van der Waals surface area contributed by atoms with Gasteiger partial charge in [-0.05, 0) is 23.3 Å². The number of carbonyl (C=O) groups excluding carboxylic acids is 1. The van der Waals surface area contributed by atoms with Crippen LogP contribution in [-0.2, 0) is 10.0 Å². The summed E-state index contributed by atoms with van der Waals surface area (Å²) in [4.78, 5) is 15.3. The maximum absolute atomic E-state index is 13.2. The number of benzene rings is 2. The van der Waals surface area contributed by atoms with E-state index in [1.165, 1.54) is 23.8 Å². The molecule has 3 aromatic rings. The molecule has 0 bridgehead atoms. The second-order valence-corrected chi connectivity index (χ2v) is 7.48. The Balaban J connectivity index is 2.01. The lowest BCUT2D eigenvalue weighted by Crippen LogP contribution is -2.23. The van der Waals surface area contributed by atoms with Gasteiger partial charge in [0.2, 0.25) is 10.0 Å². The Labute approximate surface area is 156 Å². The van der Waals surface area contributed by atoms with Crippen LogP contribution in [0.3, 0.4) is 0 Å². The average Bonchev–Trinajstić information content (AvgIpc) is 2.69. The third-order valence-electron chi connectivity index (χ3n) is 3.87. The van der Waals surface area contributed by atoms with Gasteiger partial charge in [0.15, 0.2) is 0 Å². The van der Waals surface area contributed by atoms with Crippen molar-refractivity contribution in [2.24, 2.45) is 0 Å². The zero-order valence-electron chi connectivity index (χ0n) is 14.1. The summed E-state index contributed by atoms with van der Waals surface area (Å²) >= 11 is 0. The number of amides is 1. The van der Waals surface area contributed by atoms with Gasteiger partial charge in [-0.15, -0.1) is 0 Å². The van der Waals surface area contributed by atoms with E-state index in [0.29, 0.717) is 11.1 Å². The fourth-order valence-corrected chi connectivity index (χ4v) is 4.31. The Morgan fingerprint density at radius 3 is 2.00 bits per heavy atom. The summed E-state index contributed by atoms with van der Waals surface area (Å²) in [6.07, 6.45) is 1.28. The molecule has 0 aliphatic rings. The molecule has 3 rings (SSSR count). The Kier molecular flexibility index (Phi) is 5.49. The lowest BCUT2D eigenvalue weighted by Gasteiger charge is -2.20. The molecule has 1 aromatic heterocycles. The third-order valence-corrected chi connectivity index (χ3v) is 5.55. The van der Waals surface area contributed by atoms with Gasteiger partial charge in [0.1, 0.15) is 10.9 Å². The minimum atomic E-state index is -3.90. The molecule has 1 heterocycles. The van der Waals surface area contributed by atoms with Crippen LogP contribution in [0.5, 0.6) is 0 Å². The molecule has 2 aromatic carbocycles. The average molecular weight is 383 g/mol. The smallest absolute Gasteiger partial charge is 0.288 e. The van der Waals surface area contributed by atoms with Gasteiger partial charge in [0.05, 0.1) is 5.69 Å². The van der Waals surface area contributed by atoms with Crippen LogP contribution in [0.15, 0.2) is 79.0 Å². The number of carbonyl (C=O) groups is 1. The highest BCUT2D eigenvalue weighted by atomic mass is 32.2. The summed E-state index contributed by atoms with van der Waals surface area (Å²) in [5, 5.41) is 7.78.